The van der Waals surface area contributed by atoms with E-state index in [1.54, 1.807) is 6.92 Å². The highest BCUT2D eigenvalue weighted by atomic mass is 32.2. The van der Waals surface area contributed by atoms with E-state index >= 15 is 0 Å². The van der Waals surface area contributed by atoms with Crippen molar-refractivity contribution in [2.24, 2.45) is 5.41 Å². The van der Waals surface area contributed by atoms with Crippen molar-refractivity contribution < 1.29 is 31.9 Å². The molecule has 0 bridgehead atoms. The standard InChI is InChI=1S/C14H16F2N2O5S/c1-14(11(19)20)6-7-18(8-14)13(21)17-9-2-4-10(5-3-9)24(22,23)12(15)16/h2-5,12H,6-8H2,1H3,(H,17,21)(H,19,20). The van der Waals surface area contributed by atoms with Crippen LogP contribution in [0.15, 0.2) is 29.2 Å². The Morgan fingerprint density at radius 3 is 2.33 bits per heavy atom. The lowest BCUT2D eigenvalue weighted by molar-refractivity contribution is -0.146. The molecule has 1 fully saturated rings. The number of aliphatic carboxylic acids is 1. The molecule has 24 heavy (non-hydrogen) atoms. The highest BCUT2D eigenvalue weighted by molar-refractivity contribution is 7.91. The van der Waals surface area contributed by atoms with Gasteiger partial charge in [0.05, 0.1) is 10.3 Å². The average Bonchev–Trinajstić information content (AvgIpc) is 2.92. The van der Waals surface area contributed by atoms with Gasteiger partial charge in [0.2, 0.25) is 9.84 Å². The molecule has 0 aliphatic carbocycles. The summed E-state index contributed by atoms with van der Waals surface area (Å²) in [7, 11) is -4.68. The van der Waals surface area contributed by atoms with Gasteiger partial charge >= 0.3 is 17.8 Å². The van der Waals surface area contributed by atoms with Gasteiger partial charge in [0.1, 0.15) is 0 Å². The number of likely N-dealkylation sites (tertiary alicyclic amines) is 1. The number of amides is 2. The second kappa shape index (κ2) is 6.34. The van der Waals surface area contributed by atoms with Crippen molar-refractivity contribution in [1.82, 2.24) is 4.90 Å². The van der Waals surface area contributed by atoms with E-state index in [0.29, 0.717) is 6.42 Å². The van der Waals surface area contributed by atoms with Gasteiger partial charge in [-0.1, -0.05) is 0 Å². The van der Waals surface area contributed by atoms with Crippen LogP contribution in [0.25, 0.3) is 0 Å². The van der Waals surface area contributed by atoms with Crippen LogP contribution in [-0.2, 0) is 14.6 Å². The van der Waals surface area contributed by atoms with Crippen molar-refractivity contribution in [2.75, 3.05) is 18.4 Å². The summed E-state index contributed by atoms with van der Waals surface area (Å²) in [5.74, 6) is -4.50. The molecule has 1 saturated heterocycles. The zero-order chi connectivity index (χ0) is 18.1. The number of nitrogens with one attached hydrogen (secondary N) is 1. The summed E-state index contributed by atoms with van der Waals surface area (Å²) in [5, 5.41) is 11.6. The van der Waals surface area contributed by atoms with Gasteiger partial charge in [-0.05, 0) is 37.6 Å². The Morgan fingerprint density at radius 2 is 1.88 bits per heavy atom. The molecule has 1 aromatic rings. The van der Waals surface area contributed by atoms with Gasteiger partial charge in [0, 0.05) is 18.8 Å². The first-order valence-corrected chi connectivity index (χ1v) is 8.52. The number of urea groups is 1. The van der Waals surface area contributed by atoms with Crippen molar-refractivity contribution in [2.45, 2.75) is 24.0 Å². The third-order valence-corrected chi connectivity index (χ3v) is 5.34. The number of nitrogens with zero attached hydrogens (tertiary/aromatic N) is 1. The van der Waals surface area contributed by atoms with Gasteiger partial charge in [-0.2, -0.15) is 8.78 Å². The Labute approximate surface area is 137 Å². The maximum atomic E-state index is 12.4. The van der Waals surface area contributed by atoms with Crippen LogP contribution in [0.1, 0.15) is 13.3 Å². The number of carbonyl (C=O) groups is 2. The normalized spacial score (nSPS) is 21.1. The van der Waals surface area contributed by atoms with Crippen LogP contribution in [0.5, 0.6) is 0 Å². The maximum Gasteiger partial charge on any atom is 0.341 e. The van der Waals surface area contributed by atoms with Crippen LogP contribution in [0.4, 0.5) is 19.3 Å². The molecular formula is C14H16F2N2O5S. The van der Waals surface area contributed by atoms with Gasteiger partial charge in [-0.25, -0.2) is 13.2 Å². The average molecular weight is 362 g/mol. The largest absolute Gasteiger partial charge is 0.481 e. The monoisotopic (exact) mass is 362 g/mol. The van der Waals surface area contributed by atoms with E-state index in [-0.39, 0.29) is 18.8 Å². The molecule has 0 spiro atoms. The number of carboxylic acid groups (broad SMARTS) is 1. The summed E-state index contributed by atoms with van der Waals surface area (Å²) in [4.78, 5) is 24.0. The van der Waals surface area contributed by atoms with Crippen LogP contribution in [-0.4, -0.2) is 49.3 Å². The molecule has 10 heteroatoms. The summed E-state index contributed by atoms with van der Waals surface area (Å²) < 4.78 is 47.5. The van der Waals surface area contributed by atoms with E-state index in [1.165, 1.54) is 17.0 Å². The highest BCUT2D eigenvalue weighted by Gasteiger charge is 2.42. The SMILES string of the molecule is CC1(C(=O)O)CCN(C(=O)Nc2ccc(S(=O)(=O)C(F)F)cc2)C1. The highest BCUT2D eigenvalue weighted by Crippen LogP contribution is 2.30. The molecule has 1 unspecified atom stereocenters. The Bertz CT molecular complexity index is 751. The molecule has 0 aromatic heterocycles. The van der Waals surface area contributed by atoms with Crippen molar-refractivity contribution in [3.05, 3.63) is 24.3 Å². The molecule has 1 heterocycles. The van der Waals surface area contributed by atoms with Crippen LogP contribution in [0.2, 0.25) is 0 Å². The van der Waals surface area contributed by atoms with E-state index < -0.39 is 37.9 Å². The first kappa shape index (κ1) is 18.1. The molecule has 1 aliphatic heterocycles. The molecule has 0 radical (unpaired) electrons. The Balaban J connectivity index is 2.05. The molecule has 0 saturated carbocycles. The molecule has 2 rings (SSSR count). The third kappa shape index (κ3) is 3.48. The van der Waals surface area contributed by atoms with Crippen molar-refractivity contribution in [3.8, 4) is 0 Å². The Hall–Kier alpha value is -2.23. The number of hydrogen-bond donors (Lipinski definition) is 2. The predicted octanol–water partition coefficient (Wildman–Crippen LogP) is 2.01. The van der Waals surface area contributed by atoms with Crippen molar-refractivity contribution in [3.63, 3.8) is 0 Å². The lowest BCUT2D eigenvalue weighted by Gasteiger charge is -2.20. The lowest BCUT2D eigenvalue weighted by atomic mass is 9.90. The van der Waals surface area contributed by atoms with E-state index in [0.717, 1.165) is 12.1 Å². The lowest BCUT2D eigenvalue weighted by Crippen LogP contribution is -2.37. The first-order chi connectivity index (χ1) is 11.1. The van der Waals surface area contributed by atoms with Crippen molar-refractivity contribution >= 4 is 27.5 Å². The summed E-state index contributed by atoms with van der Waals surface area (Å²) in [6, 6.07) is 3.80. The van der Waals surface area contributed by atoms with E-state index in [9.17, 15) is 26.8 Å². The van der Waals surface area contributed by atoms with Gasteiger partial charge in [-0.15, -0.1) is 0 Å². The van der Waals surface area contributed by atoms with Gasteiger partial charge < -0.3 is 15.3 Å². The van der Waals surface area contributed by atoms with Gasteiger partial charge in [-0.3, -0.25) is 4.79 Å². The fourth-order valence-corrected chi connectivity index (χ4v) is 3.06. The molecule has 7 nitrogen and oxygen atoms in total. The molecule has 1 atom stereocenters. The number of hydrogen-bond acceptors (Lipinski definition) is 4. The molecule has 132 valence electrons. The van der Waals surface area contributed by atoms with Crippen LogP contribution < -0.4 is 5.32 Å². The summed E-state index contributed by atoms with van der Waals surface area (Å²) in [6.45, 7) is 1.87. The minimum Gasteiger partial charge on any atom is -0.481 e. The fourth-order valence-electron chi connectivity index (χ4n) is 2.34. The molecule has 2 amide bonds. The maximum absolute atomic E-state index is 12.4. The van der Waals surface area contributed by atoms with Crippen LogP contribution >= 0.6 is 0 Å². The van der Waals surface area contributed by atoms with Crippen molar-refractivity contribution in [1.29, 1.82) is 0 Å². The topological polar surface area (TPSA) is 104 Å². The number of anilines is 1. The van der Waals surface area contributed by atoms with E-state index in [4.69, 9.17) is 5.11 Å². The Morgan fingerprint density at radius 1 is 1.29 bits per heavy atom. The smallest absolute Gasteiger partial charge is 0.341 e. The molecule has 1 aromatic carbocycles. The van der Waals surface area contributed by atoms with E-state index in [1.807, 2.05) is 0 Å². The quantitative estimate of drug-likeness (QED) is 0.853. The summed E-state index contributed by atoms with van der Waals surface area (Å²) in [5.41, 5.74) is -0.788. The van der Waals surface area contributed by atoms with E-state index in [2.05, 4.69) is 5.32 Å². The predicted molar refractivity (Wildman–Crippen MR) is 80.6 cm³/mol. The summed E-state index contributed by atoms with van der Waals surface area (Å²) >= 11 is 0. The third-order valence-electron chi connectivity index (χ3n) is 3.95. The minimum absolute atomic E-state index is 0.0476. The number of benzene rings is 1. The second-order valence-electron chi connectivity index (χ2n) is 5.80. The van der Waals surface area contributed by atoms with Gasteiger partial charge in [0.15, 0.2) is 0 Å². The Kier molecular flexibility index (Phi) is 4.79. The van der Waals surface area contributed by atoms with Gasteiger partial charge in [0.25, 0.3) is 0 Å². The number of rotatable bonds is 4. The second-order valence-corrected chi connectivity index (χ2v) is 7.72. The number of carbonyl (C=O) groups excluding carboxylic acids is 1. The number of halogens is 2. The van der Waals surface area contributed by atoms with Crippen LogP contribution in [0.3, 0.4) is 0 Å². The first-order valence-electron chi connectivity index (χ1n) is 6.98. The molecular weight excluding hydrogens is 346 g/mol. The number of sulfone groups is 1. The molecule has 2 N–H and O–H groups in total. The zero-order valence-electron chi connectivity index (χ0n) is 12.7. The minimum atomic E-state index is -4.68. The summed E-state index contributed by atoms with van der Waals surface area (Å²) in [6.07, 6.45) is 0.321. The number of alkyl halides is 2. The zero-order valence-corrected chi connectivity index (χ0v) is 13.5. The number of carboxylic acids is 1. The molecule has 1 aliphatic rings. The fraction of sp³-hybridized carbons (Fsp3) is 0.429. The van der Waals surface area contributed by atoms with Crippen LogP contribution in [0, 0.1) is 5.41 Å².